The van der Waals surface area contributed by atoms with E-state index in [1.807, 2.05) is 13.8 Å². The van der Waals surface area contributed by atoms with E-state index in [1.165, 1.54) is 8.86 Å². The molecule has 0 saturated carbocycles. The number of amides is 1. The monoisotopic (exact) mass is 1220 g/mol. The van der Waals surface area contributed by atoms with Gasteiger partial charge >= 0.3 is 82.8 Å². The van der Waals surface area contributed by atoms with Crippen LogP contribution in [0, 0.1) is 0 Å². The van der Waals surface area contributed by atoms with Gasteiger partial charge in [0.05, 0.1) is 24.2 Å². The third-order valence-corrected chi connectivity index (χ3v) is 8.74. The van der Waals surface area contributed by atoms with E-state index < -0.39 is 52.4 Å². The number of benzene rings is 2. The molecular formula is C43H62I3N4O13-. The van der Waals surface area contributed by atoms with Crippen molar-refractivity contribution in [1.29, 1.82) is 0 Å². The maximum atomic E-state index is 12.7. The summed E-state index contributed by atoms with van der Waals surface area (Å²) in [4.78, 5) is 82.5. The molecule has 2 aromatic carbocycles. The minimum atomic E-state index is -0.876. The number of hydrogen-bond donors (Lipinski definition) is 4. The van der Waals surface area contributed by atoms with E-state index in [1.54, 1.807) is 69.3 Å². The minimum absolute atomic E-state index is 0.112. The van der Waals surface area contributed by atoms with Crippen LogP contribution in [-0.4, -0.2) is 96.4 Å². The number of nitrogens with one attached hydrogen (secondary N) is 1. The van der Waals surface area contributed by atoms with Gasteiger partial charge in [0.1, 0.15) is 31.3 Å². The predicted molar refractivity (Wildman–Crippen MR) is 257 cm³/mol. The summed E-state index contributed by atoms with van der Waals surface area (Å²) in [6.45, 7) is 14.3. The molecule has 4 rings (SSSR count). The van der Waals surface area contributed by atoms with Crippen LogP contribution in [0.15, 0.2) is 58.1 Å². The van der Waals surface area contributed by atoms with Crippen molar-refractivity contribution in [2.75, 3.05) is 52.9 Å². The maximum absolute atomic E-state index is 12.7. The van der Waals surface area contributed by atoms with Crippen LogP contribution >= 0.6 is 45.2 Å². The number of esters is 3. The number of ether oxygens (including phenoxy) is 3. The Balaban J connectivity index is 0.000000933. The molecule has 5 N–H and O–H groups in total. The van der Waals surface area contributed by atoms with Gasteiger partial charge in [0, 0.05) is 10.8 Å². The van der Waals surface area contributed by atoms with Gasteiger partial charge in [0.2, 0.25) is 0 Å². The first-order valence-electron chi connectivity index (χ1n) is 20.4. The van der Waals surface area contributed by atoms with Crippen molar-refractivity contribution < 1.29 is 74.8 Å². The van der Waals surface area contributed by atoms with Gasteiger partial charge in [-0.3, -0.25) is 19.2 Å². The number of nitrogens with two attached hydrogens (primary N) is 1. The van der Waals surface area contributed by atoms with E-state index in [4.69, 9.17) is 23.1 Å². The number of halogens is 3. The Morgan fingerprint density at radius 1 is 0.667 bits per heavy atom. The topological polar surface area (TPSA) is 237 Å². The number of alkyl halides is 3. The molecule has 2 aromatic heterocycles. The molecule has 354 valence electrons. The Labute approximate surface area is 406 Å². The average molecular weight is 1220 g/mol. The molecule has 63 heavy (non-hydrogen) atoms. The molecule has 0 spiro atoms. The van der Waals surface area contributed by atoms with E-state index in [9.17, 15) is 39.0 Å². The second-order valence-electron chi connectivity index (χ2n) is 12.2. The fraction of sp³-hybridized carbons (Fsp3) is 0.488. The van der Waals surface area contributed by atoms with E-state index in [0.717, 1.165) is 39.6 Å². The molecule has 0 bridgehead atoms. The molecule has 17 nitrogen and oxygen atoms in total. The summed E-state index contributed by atoms with van der Waals surface area (Å²) in [5.41, 5.74) is -1.63. The number of rotatable bonds is 18. The molecule has 0 aliphatic carbocycles. The first kappa shape index (κ1) is 59.1. The van der Waals surface area contributed by atoms with Crippen molar-refractivity contribution in [1.82, 2.24) is 14.8 Å². The summed E-state index contributed by atoms with van der Waals surface area (Å²) in [6, 6.07) is 13.3. The molecule has 20 heteroatoms. The Morgan fingerprint density at radius 2 is 1.08 bits per heavy atom. The number of carbonyl (C=O) groups excluding carboxylic acids is 4. The number of unbranched alkanes of at least 4 members (excludes halogenated alkanes) is 2. The van der Waals surface area contributed by atoms with E-state index in [0.29, 0.717) is 41.4 Å². The van der Waals surface area contributed by atoms with Gasteiger partial charge in [-0.05, 0) is 59.8 Å². The van der Waals surface area contributed by atoms with Crippen LogP contribution in [0.2, 0.25) is 0 Å². The molecule has 2 heterocycles. The van der Waals surface area contributed by atoms with Gasteiger partial charge in [0.15, 0.2) is 11.1 Å². The van der Waals surface area contributed by atoms with Crippen molar-refractivity contribution in [3.63, 3.8) is 0 Å². The Bertz CT molecular complexity index is 2110. The summed E-state index contributed by atoms with van der Waals surface area (Å²) in [5, 5.41) is 23.6. The van der Waals surface area contributed by atoms with Gasteiger partial charge in [-0.15, -0.1) is 9.46 Å². The summed E-state index contributed by atoms with van der Waals surface area (Å²) >= 11 is 4.34. The van der Waals surface area contributed by atoms with Crippen molar-refractivity contribution in [3.05, 3.63) is 80.4 Å². The van der Waals surface area contributed by atoms with E-state index >= 15 is 0 Å². The molecule has 0 atom stereocenters. The van der Waals surface area contributed by atoms with E-state index in [2.05, 4.69) is 69.1 Å². The van der Waals surface area contributed by atoms with Crippen LogP contribution in [0.5, 0.6) is 11.5 Å². The summed E-state index contributed by atoms with van der Waals surface area (Å²) in [6.07, 6.45) is 3.78. The van der Waals surface area contributed by atoms with E-state index in [-0.39, 0.29) is 53.0 Å². The quantitative estimate of drug-likeness (QED) is 0.0280. The van der Waals surface area contributed by atoms with Gasteiger partial charge in [-0.25, -0.2) is 4.79 Å². The molecule has 0 fully saturated rings. The molecule has 0 radical (unpaired) electrons. The number of aromatic hydroxyl groups is 2. The van der Waals surface area contributed by atoms with Crippen LogP contribution < -0.4 is 51.5 Å². The number of fused-ring (bicyclic) bond motifs is 2. The van der Waals surface area contributed by atoms with Crippen LogP contribution in [0.3, 0.4) is 0 Å². The summed E-state index contributed by atoms with van der Waals surface area (Å²) < 4.78 is 24.8. The molecule has 0 unspecified atom stereocenters. The Hall–Kier alpha value is -3.91. The third kappa shape index (κ3) is 20.6. The van der Waals surface area contributed by atoms with Crippen molar-refractivity contribution in [2.24, 2.45) is 3.95 Å². The predicted octanol–water partition coefficient (Wildman–Crippen LogP) is 3.13. The second-order valence-corrected chi connectivity index (χ2v) is 17.2. The number of pyridine rings is 2. The van der Waals surface area contributed by atoms with Crippen LogP contribution in [-0.2, 0) is 23.8 Å². The van der Waals surface area contributed by atoms with Crippen molar-refractivity contribution >= 4 is 90.8 Å². The number of hydrogen-bond acceptors (Lipinski definition) is 14. The zero-order valence-corrected chi connectivity index (χ0v) is 43.5. The summed E-state index contributed by atoms with van der Waals surface area (Å²) in [7, 11) is 0. The van der Waals surface area contributed by atoms with Gasteiger partial charge in [-0.2, -0.15) is 0 Å². The van der Waals surface area contributed by atoms with Crippen LogP contribution in [0.4, 0.5) is 0 Å². The summed E-state index contributed by atoms with van der Waals surface area (Å²) in [5.74, 6) is -3.33. The average Bonchev–Trinajstić information content (AvgIpc) is 3.26. The zero-order valence-electron chi connectivity index (χ0n) is 37.0. The fourth-order valence-corrected chi connectivity index (χ4v) is 5.61. The van der Waals surface area contributed by atoms with Crippen LogP contribution in [0.1, 0.15) is 101 Å². The first-order chi connectivity index (χ1) is 30.3. The van der Waals surface area contributed by atoms with Crippen molar-refractivity contribution in [3.8, 4) is 11.5 Å². The van der Waals surface area contributed by atoms with Gasteiger partial charge < -0.3 is 34.7 Å². The zero-order chi connectivity index (χ0) is 47.7. The number of nitrogens with zero attached hydrogens (tertiary/aromatic N) is 2. The molecule has 0 aliphatic heterocycles. The second kappa shape index (κ2) is 35.4. The standard InChI is InChI=1S/C18H22N2O6.C16H19NO5.C5H11INO2.2C2H5I/c1-3-5-10-26-20-13-9-7-6-8-12(13)16(22)15(18(20)24)17(23)19-11-14(21)25-4-2;1-3-5-10-22-17-12-9-7-6-8-11(12)14(18)13(15(17)19)16(20)21-4-2;1-2-9-5(8)3-4-6-7;2*1-2-3/h6-9,22H,3-5,10-11H2,1-2H3,(H,19,23);6-9,18H,3-5,10H2,1-2H3;2-4,7H2,1H3;2*2H2,1H3/q;;-1;;. The Kier molecular flexibility index (Phi) is 33.2. The first-order valence-corrected chi connectivity index (χ1v) is 26.2. The fourth-order valence-electron chi connectivity index (χ4n) is 4.86. The third-order valence-electron chi connectivity index (χ3n) is 7.58. The van der Waals surface area contributed by atoms with Crippen molar-refractivity contribution in [2.45, 2.75) is 80.6 Å². The molecule has 0 saturated heterocycles. The molecule has 0 aliphatic rings. The number of aromatic nitrogens is 2. The molecule has 1 amide bonds. The Morgan fingerprint density at radius 3 is 1.51 bits per heavy atom. The molecule has 4 aromatic rings. The van der Waals surface area contributed by atoms with Gasteiger partial charge in [-0.1, -0.05) is 110 Å². The normalized spacial score (nSPS) is 10.0. The van der Waals surface area contributed by atoms with Crippen LogP contribution in [0.25, 0.3) is 21.8 Å². The molecular weight excluding hydrogens is 1160 g/mol. The number of para-hydroxylation sites is 2. The number of carbonyl (C=O) groups is 4. The van der Waals surface area contributed by atoms with Gasteiger partial charge in [0.25, 0.3) is 11.5 Å². The SMILES string of the molecule is CCCCOn1c(=O)c(C(=O)NCC(=O)OCC)c(O)c2ccccc21.CCCCOn1c(=O)c(C(=O)OCC)c(O)c2ccccc21.CCI.CCI.CCOC(=O)CC[I-]N.